The number of rotatable bonds is 5. The Morgan fingerprint density at radius 1 is 1.25 bits per heavy atom. The van der Waals surface area contributed by atoms with Crippen molar-refractivity contribution in [3.63, 3.8) is 0 Å². The number of nitrogens with zero attached hydrogens (tertiary/aromatic N) is 2. The third-order valence-corrected chi connectivity index (χ3v) is 4.02. The van der Waals surface area contributed by atoms with Gasteiger partial charge < -0.3 is 18.8 Å². The minimum absolute atomic E-state index is 0.208. The number of carbonyl (C=O) groups excluding carboxylic acids is 2. The maximum Gasteiger partial charge on any atom is 0.344 e. The molecular formula is C17H20N2O5. The van der Waals surface area contributed by atoms with Gasteiger partial charge in [-0.25, -0.2) is 4.79 Å². The van der Waals surface area contributed by atoms with Crippen LogP contribution in [0.25, 0.3) is 11.1 Å². The average molecular weight is 332 g/mol. The van der Waals surface area contributed by atoms with Crippen LogP contribution in [0.4, 0.5) is 6.01 Å². The van der Waals surface area contributed by atoms with Gasteiger partial charge in [0.1, 0.15) is 5.52 Å². The third-order valence-electron chi connectivity index (χ3n) is 4.02. The van der Waals surface area contributed by atoms with E-state index < -0.39 is 5.97 Å². The van der Waals surface area contributed by atoms with Gasteiger partial charge in [-0.3, -0.25) is 4.79 Å². The van der Waals surface area contributed by atoms with Crippen molar-refractivity contribution in [1.29, 1.82) is 0 Å². The van der Waals surface area contributed by atoms with Crippen molar-refractivity contribution < 1.29 is 23.5 Å². The Hall–Kier alpha value is -2.57. The third kappa shape index (κ3) is 3.67. The van der Waals surface area contributed by atoms with E-state index in [0.717, 1.165) is 11.1 Å². The van der Waals surface area contributed by atoms with Gasteiger partial charge in [-0.15, -0.1) is 0 Å². The summed E-state index contributed by atoms with van der Waals surface area (Å²) in [5.74, 6) is -1.07. The van der Waals surface area contributed by atoms with E-state index in [2.05, 4.69) is 4.98 Å². The molecule has 7 nitrogen and oxygen atoms in total. The smallest absolute Gasteiger partial charge is 0.344 e. The van der Waals surface area contributed by atoms with Crippen LogP contribution in [0, 0.1) is 5.92 Å². The first kappa shape index (κ1) is 16.3. The Morgan fingerprint density at radius 2 is 2.00 bits per heavy atom. The molecule has 7 heteroatoms. The summed E-state index contributed by atoms with van der Waals surface area (Å²) in [5.41, 5.74) is 1.58. The van der Waals surface area contributed by atoms with Crippen LogP contribution in [-0.2, 0) is 19.1 Å². The summed E-state index contributed by atoms with van der Waals surface area (Å²) in [6, 6.07) is 8.19. The Labute approximate surface area is 139 Å². The first-order valence-electron chi connectivity index (χ1n) is 8.10. The number of oxazole rings is 1. The summed E-state index contributed by atoms with van der Waals surface area (Å²) >= 11 is 0. The van der Waals surface area contributed by atoms with Crippen LogP contribution >= 0.6 is 0 Å². The van der Waals surface area contributed by atoms with E-state index in [9.17, 15) is 9.59 Å². The second kappa shape index (κ2) is 7.33. The van der Waals surface area contributed by atoms with Gasteiger partial charge in [0.25, 0.3) is 6.01 Å². The highest BCUT2D eigenvalue weighted by atomic mass is 16.6. The molecule has 0 saturated carbocycles. The van der Waals surface area contributed by atoms with E-state index in [-0.39, 0.29) is 25.1 Å². The fraction of sp³-hybridized carbons (Fsp3) is 0.471. The van der Waals surface area contributed by atoms with Gasteiger partial charge in [0.2, 0.25) is 0 Å². The van der Waals surface area contributed by atoms with E-state index in [1.165, 1.54) is 0 Å². The molecule has 2 aromatic rings. The van der Waals surface area contributed by atoms with E-state index >= 15 is 0 Å². The summed E-state index contributed by atoms with van der Waals surface area (Å²) in [5, 5.41) is 0. The van der Waals surface area contributed by atoms with E-state index in [1.807, 2.05) is 29.2 Å². The van der Waals surface area contributed by atoms with E-state index in [1.54, 1.807) is 6.92 Å². The molecule has 2 heterocycles. The van der Waals surface area contributed by atoms with Crippen molar-refractivity contribution in [2.75, 3.05) is 31.2 Å². The van der Waals surface area contributed by atoms with Gasteiger partial charge in [0.05, 0.1) is 12.5 Å². The summed E-state index contributed by atoms with van der Waals surface area (Å²) in [4.78, 5) is 29.7. The Balaban J connectivity index is 1.51. The molecule has 1 aromatic heterocycles. The van der Waals surface area contributed by atoms with Crippen LogP contribution in [0.2, 0.25) is 0 Å². The SMILES string of the molecule is CCOC(=O)COC(=O)C1CCN(c2nc3ccccc3o2)CC1. The number of anilines is 1. The lowest BCUT2D eigenvalue weighted by molar-refractivity contribution is -0.161. The number of esters is 2. The van der Waals surface area contributed by atoms with Gasteiger partial charge in [0, 0.05) is 13.1 Å². The minimum Gasteiger partial charge on any atom is -0.463 e. The number of fused-ring (bicyclic) bond motifs is 1. The number of piperidine rings is 1. The molecule has 0 unspecified atom stereocenters. The maximum atomic E-state index is 12.0. The highest BCUT2D eigenvalue weighted by molar-refractivity contribution is 5.78. The number of hydrogen-bond donors (Lipinski definition) is 0. The molecular weight excluding hydrogens is 312 g/mol. The molecule has 3 rings (SSSR count). The van der Waals surface area contributed by atoms with Gasteiger partial charge in [-0.05, 0) is 31.9 Å². The summed E-state index contributed by atoms with van der Waals surface area (Å²) in [6.07, 6.45) is 1.28. The number of benzene rings is 1. The predicted octanol–water partition coefficient (Wildman–Crippen LogP) is 2.15. The maximum absolute atomic E-state index is 12.0. The molecule has 0 atom stereocenters. The molecule has 1 aromatic carbocycles. The standard InChI is InChI=1S/C17H20N2O5/c1-2-22-15(20)11-23-16(21)12-7-9-19(10-8-12)17-18-13-5-3-4-6-14(13)24-17/h3-6,12H,2,7-11H2,1H3. The quantitative estimate of drug-likeness (QED) is 0.776. The average Bonchev–Trinajstić information content (AvgIpc) is 3.04. The molecule has 1 aliphatic heterocycles. The van der Waals surface area contributed by atoms with Crippen LogP contribution in [0.1, 0.15) is 19.8 Å². The van der Waals surface area contributed by atoms with Crippen molar-refractivity contribution in [2.45, 2.75) is 19.8 Å². The monoisotopic (exact) mass is 332 g/mol. The molecule has 0 bridgehead atoms. The number of ether oxygens (including phenoxy) is 2. The molecule has 1 aliphatic rings. The zero-order valence-corrected chi connectivity index (χ0v) is 13.6. The van der Waals surface area contributed by atoms with Crippen molar-refractivity contribution in [1.82, 2.24) is 4.98 Å². The zero-order valence-electron chi connectivity index (χ0n) is 13.6. The number of para-hydroxylation sites is 2. The van der Waals surface area contributed by atoms with Crippen LogP contribution < -0.4 is 4.90 Å². The highest BCUT2D eigenvalue weighted by Gasteiger charge is 2.28. The first-order chi connectivity index (χ1) is 11.7. The van der Waals surface area contributed by atoms with Crippen molar-refractivity contribution in [3.05, 3.63) is 24.3 Å². The lowest BCUT2D eigenvalue weighted by Gasteiger charge is -2.29. The molecule has 0 spiro atoms. The van der Waals surface area contributed by atoms with E-state index in [4.69, 9.17) is 13.9 Å². The largest absolute Gasteiger partial charge is 0.463 e. The molecule has 1 saturated heterocycles. The lowest BCUT2D eigenvalue weighted by Crippen LogP contribution is -2.37. The molecule has 0 N–H and O–H groups in total. The van der Waals surface area contributed by atoms with Crippen molar-refractivity contribution >= 4 is 29.1 Å². The topological polar surface area (TPSA) is 81.9 Å². The molecule has 0 amide bonds. The first-order valence-corrected chi connectivity index (χ1v) is 8.10. The van der Waals surface area contributed by atoms with Gasteiger partial charge in [-0.1, -0.05) is 12.1 Å². The van der Waals surface area contributed by atoms with Gasteiger partial charge in [0.15, 0.2) is 12.2 Å². The van der Waals surface area contributed by atoms with Crippen molar-refractivity contribution in [2.24, 2.45) is 5.92 Å². The van der Waals surface area contributed by atoms with E-state index in [0.29, 0.717) is 31.9 Å². The minimum atomic E-state index is -0.519. The van der Waals surface area contributed by atoms with Crippen LogP contribution in [0.3, 0.4) is 0 Å². The molecule has 24 heavy (non-hydrogen) atoms. The van der Waals surface area contributed by atoms with Crippen LogP contribution in [-0.4, -0.2) is 43.2 Å². The Morgan fingerprint density at radius 3 is 2.71 bits per heavy atom. The van der Waals surface area contributed by atoms with Crippen LogP contribution in [0.5, 0.6) is 0 Å². The van der Waals surface area contributed by atoms with Gasteiger partial charge in [-0.2, -0.15) is 4.98 Å². The number of hydrogen-bond acceptors (Lipinski definition) is 7. The molecule has 1 fully saturated rings. The Bertz CT molecular complexity index is 686. The second-order valence-electron chi connectivity index (χ2n) is 5.64. The summed E-state index contributed by atoms with van der Waals surface area (Å²) in [6.45, 7) is 2.98. The number of carbonyl (C=O) groups is 2. The molecule has 0 aliphatic carbocycles. The molecule has 0 radical (unpaired) electrons. The predicted molar refractivity (Wildman–Crippen MR) is 86.5 cm³/mol. The molecule has 128 valence electrons. The normalized spacial score (nSPS) is 15.5. The number of aromatic nitrogens is 1. The van der Waals surface area contributed by atoms with Crippen LogP contribution in [0.15, 0.2) is 28.7 Å². The zero-order chi connectivity index (χ0) is 16.9. The Kier molecular flexibility index (Phi) is 4.98. The fourth-order valence-electron chi connectivity index (χ4n) is 2.75. The highest BCUT2D eigenvalue weighted by Crippen LogP contribution is 2.26. The fourth-order valence-corrected chi connectivity index (χ4v) is 2.75. The van der Waals surface area contributed by atoms with Gasteiger partial charge >= 0.3 is 11.9 Å². The lowest BCUT2D eigenvalue weighted by atomic mass is 9.97. The van der Waals surface area contributed by atoms with Crippen molar-refractivity contribution in [3.8, 4) is 0 Å². The second-order valence-corrected chi connectivity index (χ2v) is 5.64. The summed E-state index contributed by atoms with van der Waals surface area (Å²) < 4.78 is 15.5. The summed E-state index contributed by atoms with van der Waals surface area (Å²) in [7, 11) is 0.